The lowest BCUT2D eigenvalue weighted by Gasteiger charge is -2.14. The van der Waals surface area contributed by atoms with Crippen LogP contribution in [0.5, 0.6) is 0 Å². The number of aryl methyl sites for hydroxylation is 1. The Morgan fingerprint density at radius 2 is 2.07 bits per heavy atom. The molecule has 82 valence electrons. The van der Waals surface area contributed by atoms with Crippen molar-refractivity contribution in [2.75, 3.05) is 16.8 Å². The summed E-state index contributed by atoms with van der Waals surface area (Å²) in [5.41, 5.74) is 2.20. The molecular formula is C11H15NO2S. The van der Waals surface area contributed by atoms with Crippen LogP contribution in [0.4, 0.5) is 5.69 Å². The molecule has 1 atom stereocenters. The maximum Gasteiger partial charge on any atom is 0.152 e. The fourth-order valence-corrected chi connectivity index (χ4v) is 3.54. The Labute approximate surface area is 90.4 Å². The number of nitrogens with one attached hydrogen (secondary N) is 1. The smallest absolute Gasteiger partial charge is 0.152 e. The fraction of sp³-hybridized carbons (Fsp3) is 0.455. The first kappa shape index (κ1) is 10.5. The minimum absolute atomic E-state index is 0.0797. The molecular weight excluding hydrogens is 210 g/mol. The largest absolute Gasteiger partial charge is 0.381 e. The number of hydrogen-bond donors (Lipinski definition) is 1. The van der Waals surface area contributed by atoms with E-state index in [2.05, 4.69) is 5.32 Å². The third-order valence-electron chi connectivity index (χ3n) is 2.74. The second kappa shape index (κ2) is 3.85. The number of para-hydroxylation sites is 1. The molecule has 1 heterocycles. The molecule has 15 heavy (non-hydrogen) atoms. The van der Waals surface area contributed by atoms with E-state index in [9.17, 15) is 8.42 Å². The van der Waals surface area contributed by atoms with Crippen LogP contribution in [-0.2, 0) is 9.84 Å². The SMILES string of the molecule is Cc1ccccc1NC1CCS(=O)(=O)C1. The van der Waals surface area contributed by atoms with Gasteiger partial charge in [-0.1, -0.05) is 18.2 Å². The maximum atomic E-state index is 11.3. The predicted molar refractivity (Wildman–Crippen MR) is 61.9 cm³/mol. The lowest BCUT2D eigenvalue weighted by Crippen LogP contribution is -2.20. The number of hydrogen-bond acceptors (Lipinski definition) is 3. The fourth-order valence-electron chi connectivity index (χ4n) is 1.86. The zero-order valence-corrected chi connectivity index (χ0v) is 9.55. The Morgan fingerprint density at radius 1 is 1.33 bits per heavy atom. The van der Waals surface area contributed by atoms with Gasteiger partial charge < -0.3 is 5.32 Å². The predicted octanol–water partition coefficient (Wildman–Crippen LogP) is 1.59. The van der Waals surface area contributed by atoms with Crippen molar-refractivity contribution in [1.82, 2.24) is 0 Å². The summed E-state index contributed by atoms with van der Waals surface area (Å²) in [6, 6.07) is 8.02. The molecule has 1 N–H and O–H groups in total. The van der Waals surface area contributed by atoms with Crippen LogP contribution in [0.3, 0.4) is 0 Å². The first-order valence-corrected chi connectivity index (χ1v) is 6.91. The van der Waals surface area contributed by atoms with E-state index in [1.807, 2.05) is 31.2 Å². The molecule has 1 unspecified atom stereocenters. The molecule has 1 aromatic rings. The zero-order chi connectivity index (χ0) is 10.9. The summed E-state index contributed by atoms with van der Waals surface area (Å²) in [6.45, 7) is 2.02. The molecule has 0 radical (unpaired) electrons. The van der Waals surface area contributed by atoms with Gasteiger partial charge in [0.2, 0.25) is 0 Å². The van der Waals surface area contributed by atoms with Crippen LogP contribution in [0, 0.1) is 6.92 Å². The lowest BCUT2D eigenvalue weighted by atomic mass is 10.1. The van der Waals surface area contributed by atoms with Gasteiger partial charge in [0.15, 0.2) is 9.84 Å². The number of sulfone groups is 1. The molecule has 0 spiro atoms. The average molecular weight is 225 g/mol. The van der Waals surface area contributed by atoms with Crippen LogP contribution in [-0.4, -0.2) is 26.0 Å². The van der Waals surface area contributed by atoms with E-state index in [1.165, 1.54) is 0 Å². The second-order valence-electron chi connectivity index (χ2n) is 4.06. The summed E-state index contributed by atoms with van der Waals surface area (Å²) in [7, 11) is -2.79. The molecule has 1 fully saturated rings. The van der Waals surface area contributed by atoms with Gasteiger partial charge in [0.05, 0.1) is 11.5 Å². The molecule has 0 aromatic heterocycles. The standard InChI is InChI=1S/C11H15NO2S/c1-9-4-2-3-5-11(9)12-10-6-7-15(13,14)8-10/h2-5,10,12H,6-8H2,1H3. The van der Waals surface area contributed by atoms with E-state index in [1.54, 1.807) is 0 Å². The Kier molecular flexibility index (Phi) is 2.69. The molecule has 1 aliphatic heterocycles. The lowest BCUT2D eigenvalue weighted by molar-refractivity contribution is 0.602. The summed E-state index contributed by atoms with van der Waals surface area (Å²) in [6.07, 6.45) is 0.719. The third kappa shape index (κ3) is 2.50. The van der Waals surface area contributed by atoms with E-state index >= 15 is 0 Å². The van der Waals surface area contributed by atoms with Crippen molar-refractivity contribution in [3.8, 4) is 0 Å². The molecule has 1 aliphatic rings. The van der Waals surface area contributed by atoms with E-state index in [-0.39, 0.29) is 11.8 Å². The minimum atomic E-state index is -2.79. The Hall–Kier alpha value is -1.03. The van der Waals surface area contributed by atoms with E-state index in [4.69, 9.17) is 0 Å². The Bertz CT molecular complexity index is 453. The van der Waals surface area contributed by atoms with Crippen molar-refractivity contribution in [3.05, 3.63) is 29.8 Å². The van der Waals surface area contributed by atoms with Crippen LogP contribution in [0.2, 0.25) is 0 Å². The van der Waals surface area contributed by atoms with Crippen LogP contribution in [0.25, 0.3) is 0 Å². The van der Waals surface area contributed by atoms with Crippen LogP contribution >= 0.6 is 0 Å². The van der Waals surface area contributed by atoms with Crippen molar-refractivity contribution in [2.24, 2.45) is 0 Å². The van der Waals surface area contributed by atoms with Gasteiger partial charge >= 0.3 is 0 Å². The van der Waals surface area contributed by atoms with Gasteiger partial charge in [-0.25, -0.2) is 8.42 Å². The second-order valence-corrected chi connectivity index (χ2v) is 6.29. The molecule has 1 saturated heterocycles. The van der Waals surface area contributed by atoms with Crippen molar-refractivity contribution in [2.45, 2.75) is 19.4 Å². The number of anilines is 1. The maximum absolute atomic E-state index is 11.3. The van der Waals surface area contributed by atoms with Gasteiger partial charge in [-0.2, -0.15) is 0 Å². The quantitative estimate of drug-likeness (QED) is 0.831. The Morgan fingerprint density at radius 3 is 2.67 bits per heavy atom. The highest BCUT2D eigenvalue weighted by atomic mass is 32.2. The Balaban J connectivity index is 2.08. The molecule has 0 aliphatic carbocycles. The third-order valence-corrected chi connectivity index (χ3v) is 4.51. The molecule has 4 heteroatoms. The van der Waals surface area contributed by atoms with E-state index < -0.39 is 9.84 Å². The number of rotatable bonds is 2. The minimum Gasteiger partial charge on any atom is -0.381 e. The highest BCUT2D eigenvalue weighted by Gasteiger charge is 2.27. The van der Waals surface area contributed by atoms with Crippen LogP contribution < -0.4 is 5.32 Å². The molecule has 0 bridgehead atoms. The first-order valence-electron chi connectivity index (χ1n) is 5.09. The summed E-state index contributed by atoms with van der Waals surface area (Å²) in [5.74, 6) is 0.581. The van der Waals surface area contributed by atoms with Gasteiger partial charge in [-0.05, 0) is 25.0 Å². The summed E-state index contributed by atoms with van der Waals surface area (Å²) in [5, 5.41) is 3.29. The zero-order valence-electron chi connectivity index (χ0n) is 8.73. The van der Waals surface area contributed by atoms with Crippen LogP contribution in [0.15, 0.2) is 24.3 Å². The highest BCUT2D eigenvalue weighted by Crippen LogP contribution is 2.19. The van der Waals surface area contributed by atoms with Gasteiger partial charge in [0.1, 0.15) is 0 Å². The molecule has 2 rings (SSSR count). The van der Waals surface area contributed by atoms with Gasteiger partial charge in [0, 0.05) is 11.7 Å². The summed E-state index contributed by atoms with van der Waals surface area (Å²) < 4.78 is 22.6. The van der Waals surface area contributed by atoms with Crippen molar-refractivity contribution in [1.29, 1.82) is 0 Å². The first-order chi connectivity index (χ1) is 7.07. The molecule has 0 amide bonds. The summed E-state index contributed by atoms with van der Waals surface area (Å²) >= 11 is 0. The molecule has 0 saturated carbocycles. The monoisotopic (exact) mass is 225 g/mol. The van der Waals surface area contributed by atoms with Gasteiger partial charge in [0.25, 0.3) is 0 Å². The normalized spacial score (nSPS) is 23.9. The van der Waals surface area contributed by atoms with Crippen molar-refractivity contribution in [3.63, 3.8) is 0 Å². The van der Waals surface area contributed by atoms with Gasteiger partial charge in [-0.3, -0.25) is 0 Å². The van der Waals surface area contributed by atoms with E-state index in [0.29, 0.717) is 5.75 Å². The van der Waals surface area contributed by atoms with Crippen molar-refractivity contribution >= 4 is 15.5 Å². The van der Waals surface area contributed by atoms with Crippen LogP contribution in [0.1, 0.15) is 12.0 Å². The average Bonchev–Trinajstić information content (AvgIpc) is 2.50. The topological polar surface area (TPSA) is 46.2 Å². The van der Waals surface area contributed by atoms with Crippen molar-refractivity contribution < 1.29 is 8.42 Å². The van der Waals surface area contributed by atoms with E-state index in [0.717, 1.165) is 17.7 Å². The van der Waals surface area contributed by atoms with Gasteiger partial charge in [-0.15, -0.1) is 0 Å². The molecule has 1 aromatic carbocycles. The molecule has 3 nitrogen and oxygen atoms in total. The highest BCUT2D eigenvalue weighted by molar-refractivity contribution is 7.91. The number of benzene rings is 1. The summed E-state index contributed by atoms with van der Waals surface area (Å²) in [4.78, 5) is 0.